The number of hydrogen-bond donors (Lipinski definition) is 1. The number of nitrogens with one attached hydrogen (secondary N) is 1. The predicted octanol–water partition coefficient (Wildman–Crippen LogP) is 5.81. The van der Waals surface area contributed by atoms with Crippen LogP contribution in [0.25, 0.3) is 16.3 Å². The predicted molar refractivity (Wildman–Crippen MR) is 131 cm³/mol. The fraction of sp³-hybridized carbons (Fsp3) is 0.440. The second-order valence-electron chi connectivity index (χ2n) is 8.96. The molecule has 7 heteroatoms. The van der Waals surface area contributed by atoms with Gasteiger partial charge in [-0.3, -0.25) is 10.2 Å². The smallest absolute Gasteiger partial charge is 0.243 e. The van der Waals surface area contributed by atoms with Crippen LogP contribution in [0.3, 0.4) is 0 Å². The number of fused-ring (bicyclic) bond motifs is 1. The summed E-state index contributed by atoms with van der Waals surface area (Å²) in [6, 6.07) is 10.4. The number of carbonyl (C=O) groups excluding carboxylic acids is 1. The van der Waals surface area contributed by atoms with Gasteiger partial charge in [-0.1, -0.05) is 24.1 Å². The van der Waals surface area contributed by atoms with Crippen molar-refractivity contribution in [1.82, 2.24) is 20.2 Å². The van der Waals surface area contributed by atoms with Crippen LogP contribution in [0.2, 0.25) is 5.02 Å². The van der Waals surface area contributed by atoms with Crippen molar-refractivity contribution in [2.75, 3.05) is 13.1 Å². The number of benzene rings is 1. The molecule has 5 nitrogen and oxygen atoms in total. The molecule has 0 bridgehead atoms. The van der Waals surface area contributed by atoms with Crippen molar-refractivity contribution < 1.29 is 4.79 Å². The third-order valence-electron chi connectivity index (χ3n) is 6.51. The first-order valence-corrected chi connectivity index (χ1v) is 12.7. The number of amides is 1. The number of aromatic nitrogens is 2. The van der Waals surface area contributed by atoms with Crippen LogP contribution in [0.1, 0.15) is 59.7 Å². The molecule has 3 aromatic rings. The van der Waals surface area contributed by atoms with E-state index in [-0.39, 0.29) is 11.8 Å². The molecule has 3 heterocycles. The summed E-state index contributed by atoms with van der Waals surface area (Å²) < 4.78 is 1.98. The Morgan fingerprint density at radius 2 is 1.94 bits per heavy atom. The Bertz CT molecular complexity index is 1150. The number of carbonyl (C=O) groups is 1. The van der Waals surface area contributed by atoms with Gasteiger partial charge in [0.1, 0.15) is 0 Å². The van der Waals surface area contributed by atoms with Crippen molar-refractivity contribution in [2.24, 2.45) is 0 Å². The molecule has 1 atom stereocenters. The van der Waals surface area contributed by atoms with Crippen LogP contribution < -0.4 is 5.43 Å². The van der Waals surface area contributed by atoms with Gasteiger partial charge in [-0.25, -0.2) is 9.69 Å². The van der Waals surface area contributed by atoms with Gasteiger partial charge in [0, 0.05) is 23.5 Å². The lowest BCUT2D eigenvalue weighted by atomic mass is 9.86. The fourth-order valence-electron chi connectivity index (χ4n) is 4.88. The average molecular weight is 469 g/mol. The monoisotopic (exact) mass is 468 g/mol. The molecule has 168 valence electrons. The Kier molecular flexibility index (Phi) is 6.10. The minimum absolute atomic E-state index is 0.0708. The Labute approximate surface area is 198 Å². The SMILES string of the molecule is Cc1ccc(-n2nc3c(c2-c2ccc(C)s2)CCCC3C(=O)NN2CCCCC2)c(Cl)c1. The van der Waals surface area contributed by atoms with Crippen LogP contribution in [0.5, 0.6) is 0 Å². The van der Waals surface area contributed by atoms with E-state index in [1.165, 1.54) is 21.7 Å². The maximum atomic E-state index is 13.3. The molecular formula is C25H29ClN4OS. The fourth-order valence-corrected chi connectivity index (χ4v) is 6.12. The van der Waals surface area contributed by atoms with Crippen molar-refractivity contribution in [3.05, 3.63) is 57.1 Å². The van der Waals surface area contributed by atoms with Crippen LogP contribution in [0.4, 0.5) is 0 Å². The van der Waals surface area contributed by atoms with Crippen LogP contribution in [-0.2, 0) is 11.2 Å². The zero-order chi connectivity index (χ0) is 22.2. The summed E-state index contributed by atoms with van der Waals surface area (Å²) in [4.78, 5) is 15.7. The molecular weight excluding hydrogens is 440 g/mol. The van der Waals surface area contributed by atoms with Crippen molar-refractivity contribution in [2.45, 2.75) is 58.3 Å². The van der Waals surface area contributed by atoms with Gasteiger partial charge in [0.15, 0.2) is 0 Å². The molecule has 2 aromatic heterocycles. The number of thiophene rings is 1. The third kappa shape index (κ3) is 4.12. The van der Waals surface area contributed by atoms with Crippen LogP contribution in [-0.4, -0.2) is 33.8 Å². The Hall–Kier alpha value is -2.15. The van der Waals surface area contributed by atoms with Gasteiger partial charge in [-0.2, -0.15) is 5.10 Å². The van der Waals surface area contributed by atoms with Crippen LogP contribution in [0.15, 0.2) is 30.3 Å². The normalized spacial score (nSPS) is 19.0. The van der Waals surface area contributed by atoms with Gasteiger partial charge in [0.05, 0.1) is 32.9 Å². The van der Waals surface area contributed by atoms with E-state index >= 15 is 0 Å². The molecule has 5 rings (SSSR count). The molecule has 1 amide bonds. The van der Waals surface area contributed by atoms with E-state index in [2.05, 4.69) is 35.6 Å². The van der Waals surface area contributed by atoms with E-state index in [4.69, 9.17) is 16.7 Å². The molecule has 1 aliphatic carbocycles. The van der Waals surface area contributed by atoms with E-state index in [1.807, 2.05) is 23.7 Å². The van der Waals surface area contributed by atoms with Crippen molar-refractivity contribution in [3.8, 4) is 16.3 Å². The molecule has 1 saturated heterocycles. The first-order valence-electron chi connectivity index (χ1n) is 11.5. The molecule has 1 unspecified atom stereocenters. The molecule has 1 aromatic carbocycles. The highest BCUT2D eigenvalue weighted by Crippen LogP contribution is 2.41. The highest BCUT2D eigenvalue weighted by Gasteiger charge is 2.34. The second-order valence-corrected chi connectivity index (χ2v) is 10.7. The number of piperidine rings is 1. The summed E-state index contributed by atoms with van der Waals surface area (Å²) in [5.74, 6) is -0.160. The van der Waals surface area contributed by atoms with Gasteiger partial charge in [0.2, 0.25) is 5.91 Å². The molecule has 2 aliphatic rings. The first-order chi connectivity index (χ1) is 15.5. The van der Waals surface area contributed by atoms with E-state index in [1.54, 1.807) is 11.3 Å². The molecule has 0 radical (unpaired) electrons. The third-order valence-corrected chi connectivity index (χ3v) is 7.82. The van der Waals surface area contributed by atoms with E-state index < -0.39 is 0 Å². The van der Waals surface area contributed by atoms with Crippen LogP contribution in [0, 0.1) is 13.8 Å². The molecule has 1 fully saturated rings. The van der Waals surface area contributed by atoms with Crippen molar-refractivity contribution in [3.63, 3.8) is 0 Å². The van der Waals surface area contributed by atoms with Gasteiger partial charge in [-0.15, -0.1) is 11.3 Å². The van der Waals surface area contributed by atoms with Gasteiger partial charge < -0.3 is 0 Å². The lowest BCUT2D eigenvalue weighted by molar-refractivity contribution is -0.128. The van der Waals surface area contributed by atoms with Gasteiger partial charge in [-0.05, 0) is 75.8 Å². The first kappa shape index (κ1) is 21.7. The van der Waals surface area contributed by atoms with E-state index in [9.17, 15) is 4.79 Å². The van der Waals surface area contributed by atoms with Crippen LogP contribution >= 0.6 is 22.9 Å². The zero-order valence-electron chi connectivity index (χ0n) is 18.7. The summed E-state index contributed by atoms with van der Waals surface area (Å²) in [6.45, 7) is 6.01. The highest BCUT2D eigenvalue weighted by atomic mass is 35.5. The minimum atomic E-state index is -0.231. The molecule has 1 aliphatic heterocycles. The number of nitrogens with zero attached hydrogens (tertiary/aromatic N) is 3. The number of hydrazine groups is 1. The Balaban J connectivity index is 1.58. The van der Waals surface area contributed by atoms with E-state index in [0.29, 0.717) is 5.02 Å². The van der Waals surface area contributed by atoms with Crippen molar-refractivity contribution >= 4 is 28.8 Å². The average Bonchev–Trinajstić information content (AvgIpc) is 3.37. The second kappa shape index (κ2) is 9.00. The van der Waals surface area contributed by atoms with Gasteiger partial charge in [0.25, 0.3) is 0 Å². The lowest BCUT2D eigenvalue weighted by Gasteiger charge is -2.29. The number of hydrogen-bond acceptors (Lipinski definition) is 4. The van der Waals surface area contributed by atoms with Crippen molar-refractivity contribution in [1.29, 1.82) is 0 Å². The summed E-state index contributed by atoms with van der Waals surface area (Å²) in [5.41, 5.74) is 8.34. The standard InChI is InChI=1S/C25H29ClN4OS/c1-16-9-11-21(20(26)15-16)30-24(22-12-10-17(2)32-22)18-7-6-8-19(23(18)27-30)25(31)28-29-13-4-3-5-14-29/h9-12,15,19H,3-8,13-14H2,1-2H3,(H,28,31). The largest absolute Gasteiger partial charge is 0.288 e. The molecule has 1 N–H and O–H groups in total. The zero-order valence-corrected chi connectivity index (χ0v) is 20.2. The number of halogens is 1. The lowest BCUT2D eigenvalue weighted by Crippen LogP contribution is -2.47. The number of rotatable bonds is 4. The maximum absolute atomic E-state index is 13.3. The Morgan fingerprint density at radius 3 is 2.66 bits per heavy atom. The van der Waals surface area contributed by atoms with E-state index in [0.717, 1.165) is 67.8 Å². The quantitative estimate of drug-likeness (QED) is 0.525. The topological polar surface area (TPSA) is 50.2 Å². The molecule has 0 saturated carbocycles. The molecule has 0 spiro atoms. The molecule has 32 heavy (non-hydrogen) atoms. The minimum Gasteiger partial charge on any atom is -0.288 e. The maximum Gasteiger partial charge on any atom is 0.243 e. The number of aryl methyl sites for hydroxylation is 2. The summed E-state index contributed by atoms with van der Waals surface area (Å²) in [6.07, 6.45) is 6.26. The summed E-state index contributed by atoms with van der Waals surface area (Å²) in [7, 11) is 0. The summed E-state index contributed by atoms with van der Waals surface area (Å²) >= 11 is 8.44. The summed E-state index contributed by atoms with van der Waals surface area (Å²) in [5, 5.41) is 7.81. The Morgan fingerprint density at radius 1 is 1.12 bits per heavy atom. The highest BCUT2D eigenvalue weighted by molar-refractivity contribution is 7.15. The van der Waals surface area contributed by atoms with Gasteiger partial charge >= 0.3 is 0 Å².